The van der Waals surface area contributed by atoms with Gasteiger partial charge in [0.05, 0.1) is 24.1 Å². The molecule has 7 nitrogen and oxygen atoms in total. The lowest BCUT2D eigenvalue weighted by atomic mass is 9.98. The van der Waals surface area contributed by atoms with Crippen LogP contribution in [0.25, 0.3) is 11.0 Å². The van der Waals surface area contributed by atoms with Crippen LogP contribution in [0.5, 0.6) is 11.5 Å². The fourth-order valence-corrected chi connectivity index (χ4v) is 4.29. The fraction of sp³-hybridized carbons (Fsp3) is 0.148. The number of hydrogen-bond donors (Lipinski definition) is 0. The molecule has 0 bridgehead atoms. The highest BCUT2D eigenvalue weighted by Gasteiger charge is 2.43. The molecular weight excluding hydrogens is 432 g/mol. The number of benzene rings is 2. The number of para-hydroxylation sites is 1. The molecule has 1 aliphatic heterocycles. The number of amides is 1. The van der Waals surface area contributed by atoms with E-state index in [1.807, 2.05) is 18.2 Å². The van der Waals surface area contributed by atoms with Gasteiger partial charge in [0.2, 0.25) is 5.76 Å². The van der Waals surface area contributed by atoms with Crippen LogP contribution in [0, 0.1) is 0 Å². The highest BCUT2D eigenvalue weighted by molar-refractivity contribution is 5.99. The smallest absolute Gasteiger partial charge is 0.291 e. The maximum atomic E-state index is 13.6. The molecule has 0 saturated carbocycles. The van der Waals surface area contributed by atoms with Crippen LogP contribution in [0.15, 0.2) is 88.9 Å². The van der Waals surface area contributed by atoms with Crippen molar-refractivity contribution in [2.45, 2.75) is 12.6 Å². The molecule has 0 radical (unpaired) electrons. The van der Waals surface area contributed by atoms with Crippen molar-refractivity contribution >= 4 is 16.9 Å². The minimum absolute atomic E-state index is 0.0588. The molecule has 1 atom stereocenters. The van der Waals surface area contributed by atoms with Crippen molar-refractivity contribution in [1.29, 1.82) is 0 Å². The largest absolute Gasteiger partial charge is 0.493 e. The van der Waals surface area contributed by atoms with E-state index in [2.05, 4.69) is 11.6 Å². The second-order valence-electron chi connectivity index (χ2n) is 7.88. The normalized spacial score (nSPS) is 14.8. The van der Waals surface area contributed by atoms with E-state index in [-0.39, 0.29) is 23.6 Å². The van der Waals surface area contributed by atoms with Gasteiger partial charge in [-0.2, -0.15) is 0 Å². The summed E-state index contributed by atoms with van der Waals surface area (Å²) in [4.78, 5) is 32.9. The highest BCUT2D eigenvalue weighted by Crippen LogP contribution is 2.41. The SMILES string of the molecule is C=CCOc1ccc(C2c3c(oc4ccccc4c3=O)C(=O)N2Cc2cccnc2)cc1OC. The third kappa shape index (κ3) is 3.61. The van der Waals surface area contributed by atoms with E-state index in [1.54, 1.807) is 66.9 Å². The molecule has 5 rings (SSSR count). The van der Waals surface area contributed by atoms with Crippen LogP contribution in [0.4, 0.5) is 0 Å². The van der Waals surface area contributed by atoms with Crippen molar-refractivity contribution < 1.29 is 18.7 Å². The minimum atomic E-state index is -0.661. The van der Waals surface area contributed by atoms with Crippen LogP contribution >= 0.6 is 0 Å². The van der Waals surface area contributed by atoms with Crippen LogP contribution in [-0.2, 0) is 6.54 Å². The van der Waals surface area contributed by atoms with Crippen LogP contribution in [-0.4, -0.2) is 29.5 Å². The fourth-order valence-electron chi connectivity index (χ4n) is 4.29. The quantitative estimate of drug-likeness (QED) is 0.382. The zero-order valence-electron chi connectivity index (χ0n) is 18.6. The van der Waals surface area contributed by atoms with Gasteiger partial charge < -0.3 is 18.8 Å². The number of hydrogen-bond acceptors (Lipinski definition) is 6. The van der Waals surface area contributed by atoms with E-state index in [9.17, 15) is 9.59 Å². The Balaban J connectivity index is 1.69. The molecule has 1 unspecified atom stereocenters. The Morgan fingerprint density at radius 3 is 2.74 bits per heavy atom. The number of ether oxygens (including phenoxy) is 2. The first-order valence-corrected chi connectivity index (χ1v) is 10.8. The number of nitrogens with zero attached hydrogens (tertiary/aromatic N) is 2. The number of carbonyl (C=O) groups excluding carboxylic acids is 1. The lowest BCUT2D eigenvalue weighted by molar-refractivity contribution is 0.0714. The van der Waals surface area contributed by atoms with E-state index >= 15 is 0 Å². The summed E-state index contributed by atoms with van der Waals surface area (Å²) in [5, 5.41) is 0.431. The second-order valence-corrected chi connectivity index (χ2v) is 7.88. The zero-order valence-corrected chi connectivity index (χ0v) is 18.6. The van der Waals surface area contributed by atoms with Crippen LogP contribution in [0.2, 0.25) is 0 Å². The predicted molar refractivity (Wildman–Crippen MR) is 127 cm³/mol. The van der Waals surface area contributed by atoms with Gasteiger partial charge in [-0.25, -0.2) is 0 Å². The maximum absolute atomic E-state index is 13.6. The molecule has 0 spiro atoms. The average molecular weight is 454 g/mol. The summed E-state index contributed by atoms with van der Waals surface area (Å²) in [6.07, 6.45) is 5.02. The Morgan fingerprint density at radius 2 is 1.97 bits per heavy atom. The first kappa shape index (κ1) is 21.5. The molecular formula is C27H22N2O5. The Morgan fingerprint density at radius 1 is 1.12 bits per heavy atom. The van der Waals surface area contributed by atoms with Crippen molar-refractivity contribution in [1.82, 2.24) is 9.88 Å². The summed E-state index contributed by atoms with van der Waals surface area (Å²) in [7, 11) is 1.54. The third-order valence-corrected chi connectivity index (χ3v) is 5.81. The Hall–Kier alpha value is -4.39. The van der Waals surface area contributed by atoms with Gasteiger partial charge in [-0.3, -0.25) is 14.6 Å². The van der Waals surface area contributed by atoms with Gasteiger partial charge >= 0.3 is 0 Å². The first-order valence-electron chi connectivity index (χ1n) is 10.8. The lowest BCUT2D eigenvalue weighted by Crippen LogP contribution is -2.29. The van der Waals surface area contributed by atoms with Crippen LogP contribution in [0.3, 0.4) is 0 Å². The van der Waals surface area contributed by atoms with Crippen molar-refractivity contribution in [2.24, 2.45) is 0 Å². The maximum Gasteiger partial charge on any atom is 0.291 e. The van der Waals surface area contributed by atoms with E-state index in [1.165, 1.54) is 0 Å². The molecule has 1 amide bonds. The Kier molecular flexibility index (Phi) is 5.59. The van der Waals surface area contributed by atoms with Gasteiger partial charge in [0.25, 0.3) is 5.91 Å². The first-order chi connectivity index (χ1) is 16.6. The lowest BCUT2D eigenvalue weighted by Gasteiger charge is -2.25. The molecule has 2 aromatic heterocycles. The molecule has 4 aromatic rings. The van der Waals surface area contributed by atoms with Crippen molar-refractivity contribution in [3.63, 3.8) is 0 Å². The Bertz CT molecular complexity index is 1440. The average Bonchev–Trinajstić information content (AvgIpc) is 3.15. The molecule has 3 heterocycles. The number of rotatable bonds is 7. The van der Waals surface area contributed by atoms with E-state index in [0.29, 0.717) is 40.2 Å². The van der Waals surface area contributed by atoms with E-state index in [0.717, 1.165) is 5.56 Å². The summed E-state index contributed by atoms with van der Waals surface area (Å²) < 4.78 is 17.2. The second kappa shape index (κ2) is 8.86. The Labute approximate surface area is 195 Å². The zero-order chi connectivity index (χ0) is 23.7. The molecule has 0 aliphatic carbocycles. The monoisotopic (exact) mass is 454 g/mol. The highest BCUT2D eigenvalue weighted by atomic mass is 16.5. The topological polar surface area (TPSA) is 81.9 Å². The summed E-state index contributed by atoms with van der Waals surface area (Å²) in [6, 6.07) is 15.4. The number of aromatic nitrogens is 1. The van der Waals surface area contributed by atoms with Crippen molar-refractivity contribution in [3.8, 4) is 11.5 Å². The van der Waals surface area contributed by atoms with Gasteiger partial charge in [-0.05, 0) is 41.5 Å². The van der Waals surface area contributed by atoms with E-state index < -0.39 is 6.04 Å². The third-order valence-electron chi connectivity index (χ3n) is 5.81. The molecule has 2 aromatic carbocycles. The summed E-state index contributed by atoms with van der Waals surface area (Å²) in [5.74, 6) is 0.744. The van der Waals surface area contributed by atoms with E-state index in [4.69, 9.17) is 13.9 Å². The molecule has 0 N–H and O–H groups in total. The van der Waals surface area contributed by atoms with Gasteiger partial charge in [0.15, 0.2) is 16.9 Å². The predicted octanol–water partition coefficient (Wildman–Crippen LogP) is 4.51. The molecule has 0 saturated heterocycles. The molecule has 7 heteroatoms. The number of carbonyl (C=O) groups is 1. The molecule has 170 valence electrons. The summed E-state index contributed by atoms with van der Waals surface area (Å²) >= 11 is 0. The summed E-state index contributed by atoms with van der Waals surface area (Å²) in [6.45, 7) is 4.25. The van der Waals surface area contributed by atoms with Crippen LogP contribution < -0.4 is 14.9 Å². The van der Waals surface area contributed by atoms with Gasteiger partial charge in [0, 0.05) is 18.9 Å². The number of pyridine rings is 1. The van der Waals surface area contributed by atoms with Gasteiger partial charge in [0.1, 0.15) is 12.2 Å². The van der Waals surface area contributed by atoms with Gasteiger partial charge in [-0.15, -0.1) is 0 Å². The standard InChI is InChI=1S/C27H22N2O5/c1-3-13-33-21-11-10-18(14-22(21)32-2)24-23-25(30)19-8-4-5-9-20(19)34-26(23)27(31)29(24)16-17-7-6-12-28-15-17/h3-12,14-15,24H,1,13,16H2,2H3. The van der Waals surface area contributed by atoms with Gasteiger partial charge in [-0.1, -0.05) is 36.9 Å². The minimum Gasteiger partial charge on any atom is -0.493 e. The summed E-state index contributed by atoms with van der Waals surface area (Å²) in [5.41, 5.74) is 2.02. The van der Waals surface area contributed by atoms with Crippen LogP contribution in [0.1, 0.15) is 33.3 Å². The number of fused-ring (bicyclic) bond motifs is 2. The van der Waals surface area contributed by atoms with Crippen molar-refractivity contribution in [3.05, 3.63) is 112 Å². The molecule has 0 fully saturated rings. The number of methoxy groups -OCH3 is 1. The molecule has 34 heavy (non-hydrogen) atoms. The molecule has 1 aliphatic rings. The van der Waals surface area contributed by atoms with Crippen molar-refractivity contribution in [2.75, 3.05) is 13.7 Å².